The van der Waals surface area contributed by atoms with Gasteiger partial charge in [0.1, 0.15) is 17.6 Å². The molecule has 21 heavy (non-hydrogen) atoms. The molecule has 0 amide bonds. The number of methoxy groups -OCH3 is 1. The van der Waals surface area contributed by atoms with E-state index in [0.717, 1.165) is 17.7 Å². The lowest BCUT2D eigenvalue weighted by Gasteiger charge is -2.20. The van der Waals surface area contributed by atoms with Gasteiger partial charge in [-0.05, 0) is 23.3 Å². The van der Waals surface area contributed by atoms with Crippen LogP contribution in [0.4, 0.5) is 0 Å². The van der Waals surface area contributed by atoms with Gasteiger partial charge in [-0.15, -0.1) is 0 Å². The van der Waals surface area contributed by atoms with E-state index in [1.165, 1.54) is 5.56 Å². The van der Waals surface area contributed by atoms with Crippen LogP contribution in [-0.4, -0.2) is 13.2 Å². The minimum absolute atomic E-state index is 0.00985. The quantitative estimate of drug-likeness (QED) is 0.652. The Labute approximate surface area is 142 Å². The average molecular weight is 388 g/mol. The predicted molar refractivity (Wildman–Crippen MR) is 89.2 cm³/mol. The second kappa shape index (κ2) is 6.07. The van der Waals surface area contributed by atoms with Crippen molar-refractivity contribution in [2.45, 2.75) is 17.4 Å². The highest BCUT2D eigenvalue weighted by molar-refractivity contribution is 9.09. The summed E-state index contributed by atoms with van der Waals surface area (Å²) in [7, 11) is 1.57. The number of ether oxygens (including phenoxy) is 2. The summed E-state index contributed by atoms with van der Waals surface area (Å²) in [6.07, 6.45) is 0.830. The topological polar surface area (TPSA) is 18.5 Å². The smallest absolute Gasteiger partial charge is 0.138 e. The van der Waals surface area contributed by atoms with Crippen LogP contribution in [0, 0.1) is 0 Å². The average Bonchev–Trinajstić information content (AvgIpc) is 2.92. The summed E-state index contributed by atoms with van der Waals surface area (Å²) >= 11 is 16.2. The van der Waals surface area contributed by atoms with Crippen LogP contribution in [0.25, 0.3) is 0 Å². The zero-order valence-electron chi connectivity index (χ0n) is 11.3. The molecule has 1 aliphatic rings. The van der Waals surface area contributed by atoms with Gasteiger partial charge in [0.2, 0.25) is 0 Å². The normalized spacial score (nSPS) is 18.0. The number of benzene rings is 2. The summed E-state index contributed by atoms with van der Waals surface area (Å²) < 4.78 is 11.2. The molecular formula is C16H13BrCl2O2. The monoisotopic (exact) mass is 386 g/mol. The van der Waals surface area contributed by atoms with Crippen LogP contribution in [0.3, 0.4) is 0 Å². The van der Waals surface area contributed by atoms with Crippen molar-refractivity contribution in [2.75, 3.05) is 7.11 Å². The van der Waals surface area contributed by atoms with Gasteiger partial charge in [0, 0.05) is 17.5 Å². The summed E-state index contributed by atoms with van der Waals surface area (Å²) in [5.74, 6) is 1.50. The Morgan fingerprint density at radius 2 is 2.00 bits per heavy atom. The number of hydrogen-bond donors (Lipinski definition) is 0. The van der Waals surface area contributed by atoms with E-state index in [0.29, 0.717) is 15.8 Å². The molecule has 0 aliphatic carbocycles. The Hall–Kier alpha value is -0.900. The largest absolute Gasteiger partial charge is 0.495 e. The van der Waals surface area contributed by atoms with Gasteiger partial charge in [-0.2, -0.15) is 0 Å². The van der Waals surface area contributed by atoms with Crippen molar-refractivity contribution in [1.29, 1.82) is 0 Å². The molecule has 2 aromatic carbocycles. The van der Waals surface area contributed by atoms with Gasteiger partial charge in [-0.3, -0.25) is 0 Å². The number of para-hydroxylation sites is 1. The fourth-order valence-corrected chi connectivity index (χ4v) is 3.81. The van der Waals surface area contributed by atoms with Gasteiger partial charge in [0.15, 0.2) is 0 Å². The standard InChI is InChI=1S/C16H13BrCl2O2/c1-20-14-8-11(18)10(7-12(14)19)16(17)15-6-9-4-2-3-5-13(9)21-15/h2-5,7-8,15-16H,6H2,1H3. The van der Waals surface area contributed by atoms with Crippen molar-refractivity contribution in [3.05, 3.63) is 57.6 Å². The lowest BCUT2D eigenvalue weighted by Crippen LogP contribution is -2.19. The molecule has 5 heteroatoms. The fraction of sp³-hybridized carbons (Fsp3) is 0.250. The van der Waals surface area contributed by atoms with Crippen LogP contribution in [0.1, 0.15) is 16.0 Å². The Balaban J connectivity index is 1.87. The second-order valence-corrected chi connectivity index (χ2v) is 6.68. The van der Waals surface area contributed by atoms with Crippen LogP contribution < -0.4 is 9.47 Å². The molecule has 0 saturated carbocycles. The molecule has 0 spiro atoms. The van der Waals surface area contributed by atoms with Gasteiger partial charge in [0.25, 0.3) is 0 Å². The Bertz CT molecular complexity index is 650. The molecule has 1 heterocycles. The van der Waals surface area contributed by atoms with E-state index in [1.54, 1.807) is 13.2 Å². The molecular weight excluding hydrogens is 375 g/mol. The van der Waals surface area contributed by atoms with Gasteiger partial charge in [0.05, 0.1) is 17.0 Å². The molecule has 0 fully saturated rings. The van der Waals surface area contributed by atoms with Gasteiger partial charge in [-0.1, -0.05) is 57.3 Å². The van der Waals surface area contributed by atoms with Crippen molar-refractivity contribution in [3.63, 3.8) is 0 Å². The first-order chi connectivity index (χ1) is 10.1. The third kappa shape index (κ3) is 2.87. The molecule has 0 aromatic heterocycles. The maximum Gasteiger partial charge on any atom is 0.138 e. The van der Waals surface area contributed by atoms with Crippen molar-refractivity contribution >= 4 is 39.1 Å². The van der Waals surface area contributed by atoms with E-state index >= 15 is 0 Å². The zero-order valence-corrected chi connectivity index (χ0v) is 14.4. The van der Waals surface area contributed by atoms with Gasteiger partial charge < -0.3 is 9.47 Å². The van der Waals surface area contributed by atoms with Gasteiger partial charge in [-0.25, -0.2) is 0 Å². The highest BCUT2D eigenvalue weighted by Gasteiger charge is 2.31. The Morgan fingerprint density at radius 1 is 1.24 bits per heavy atom. The molecule has 0 bridgehead atoms. The van der Waals surface area contributed by atoms with Crippen LogP contribution in [-0.2, 0) is 6.42 Å². The molecule has 0 saturated heterocycles. The molecule has 110 valence electrons. The molecule has 3 rings (SSSR count). The van der Waals surface area contributed by atoms with E-state index in [-0.39, 0.29) is 10.9 Å². The van der Waals surface area contributed by atoms with Gasteiger partial charge >= 0.3 is 0 Å². The van der Waals surface area contributed by atoms with Crippen LogP contribution in [0.2, 0.25) is 10.0 Å². The number of alkyl halides is 1. The number of rotatable bonds is 3. The first kappa shape index (κ1) is 15.0. The summed E-state index contributed by atoms with van der Waals surface area (Å²) in [6, 6.07) is 11.6. The SMILES string of the molecule is COc1cc(Cl)c(C(Br)C2Cc3ccccc3O2)cc1Cl. The Kier molecular flexibility index (Phi) is 4.34. The van der Waals surface area contributed by atoms with Crippen molar-refractivity contribution in [2.24, 2.45) is 0 Å². The lowest BCUT2D eigenvalue weighted by atomic mass is 10.0. The maximum atomic E-state index is 6.34. The van der Waals surface area contributed by atoms with E-state index in [1.807, 2.05) is 24.3 Å². The summed E-state index contributed by atoms with van der Waals surface area (Å²) in [5.41, 5.74) is 2.11. The van der Waals surface area contributed by atoms with Crippen LogP contribution >= 0.6 is 39.1 Å². The van der Waals surface area contributed by atoms with Crippen LogP contribution in [0.5, 0.6) is 11.5 Å². The number of halogens is 3. The van der Waals surface area contributed by atoms with Crippen molar-refractivity contribution in [1.82, 2.24) is 0 Å². The summed E-state index contributed by atoms with van der Waals surface area (Å²) in [5, 5.41) is 1.15. The maximum absolute atomic E-state index is 6.34. The van der Waals surface area contributed by atoms with E-state index < -0.39 is 0 Å². The molecule has 2 unspecified atom stereocenters. The van der Waals surface area contributed by atoms with Crippen molar-refractivity contribution < 1.29 is 9.47 Å². The highest BCUT2D eigenvalue weighted by atomic mass is 79.9. The molecule has 0 N–H and O–H groups in total. The second-order valence-electron chi connectivity index (χ2n) is 4.88. The predicted octanol–water partition coefficient (Wildman–Crippen LogP) is 5.44. The molecule has 0 radical (unpaired) electrons. The Morgan fingerprint density at radius 3 is 2.71 bits per heavy atom. The van der Waals surface area contributed by atoms with E-state index in [2.05, 4.69) is 22.0 Å². The van der Waals surface area contributed by atoms with Crippen LogP contribution in [0.15, 0.2) is 36.4 Å². The first-order valence-corrected chi connectivity index (χ1v) is 8.19. The fourth-order valence-electron chi connectivity index (χ4n) is 2.48. The molecule has 2 atom stereocenters. The zero-order chi connectivity index (χ0) is 15.0. The lowest BCUT2D eigenvalue weighted by molar-refractivity contribution is 0.232. The molecule has 2 nitrogen and oxygen atoms in total. The first-order valence-electron chi connectivity index (χ1n) is 6.51. The number of hydrogen-bond acceptors (Lipinski definition) is 2. The summed E-state index contributed by atoms with van der Waals surface area (Å²) in [6.45, 7) is 0. The van der Waals surface area contributed by atoms with Crippen molar-refractivity contribution in [3.8, 4) is 11.5 Å². The third-order valence-electron chi connectivity index (χ3n) is 3.57. The van der Waals surface area contributed by atoms with E-state index in [4.69, 9.17) is 32.7 Å². The third-order valence-corrected chi connectivity index (χ3v) is 5.27. The highest BCUT2D eigenvalue weighted by Crippen LogP contribution is 2.43. The molecule has 2 aromatic rings. The van der Waals surface area contributed by atoms with E-state index in [9.17, 15) is 0 Å². The number of fused-ring (bicyclic) bond motifs is 1. The summed E-state index contributed by atoms with van der Waals surface area (Å²) in [4.78, 5) is -0.0409. The minimum atomic E-state index is -0.0409. The minimum Gasteiger partial charge on any atom is -0.495 e. The molecule has 1 aliphatic heterocycles.